The number of ether oxygens (including phenoxy) is 1. The highest BCUT2D eigenvalue weighted by atomic mass is 19.1. The van der Waals surface area contributed by atoms with Crippen LogP contribution >= 0.6 is 0 Å². The minimum Gasteiger partial charge on any atom is -0.437 e. The molecule has 0 aliphatic heterocycles. The number of amidine groups is 1. The Kier molecular flexibility index (Phi) is 3.65. The number of aromatic nitrogens is 2. The summed E-state index contributed by atoms with van der Waals surface area (Å²) in [5, 5.41) is 15.5. The van der Waals surface area contributed by atoms with Crippen LogP contribution in [0, 0.1) is 32.0 Å². The zero-order chi connectivity index (χ0) is 14.9. The third-order valence-electron chi connectivity index (χ3n) is 3.04. The lowest BCUT2D eigenvalue weighted by atomic mass is 10.1. The summed E-state index contributed by atoms with van der Waals surface area (Å²) in [4.78, 5) is 0. The molecule has 0 radical (unpaired) electrons. The second-order valence-corrected chi connectivity index (χ2v) is 4.52. The predicted octanol–water partition coefficient (Wildman–Crippen LogP) is 2.62. The third-order valence-corrected chi connectivity index (χ3v) is 3.04. The maximum Gasteiger partial charge on any atom is 0.250 e. The molecule has 5 nitrogen and oxygen atoms in total. The van der Waals surface area contributed by atoms with Crippen molar-refractivity contribution in [1.29, 1.82) is 5.41 Å². The fourth-order valence-corrected chi connectivity index (χ4v) is 1.77. The number of nitrogen functional groups attached to an aromatic ring is 1. The molecule has 1 aromatic carbocycles. The first kappa shape index (κ1) is 13.9. The van der Waals surface area contributed by atoms with Crippen molar-refractivity contribution >= 4 is 5.84 Å². The predicted molar refractivity (Wildman–Crippen MR) is 73.7 cm³/mol. The summed E-state index contributed by atoms with van der Waals surface area (Å²) in [5.41, 5.74) is 7.85. The van der Waals surface area contributed by atoms with Crippen LogP contribution in [0.2, 0.25) is 0 Å². The molecule has 0 aliphatic carbocycles. The summed E-state index contributed by atoms with van der Waals surface area (Å²) in [5.74, 6) is 0.111. The van der Waals surface area contributed by atoms with E-state index in [2.05, 4.69) is 10.2 Å². The van der Waals surface area contributed by atoms with Crippen molar-refractivity contribution < 1.29 is 9.13 Å². The molecule has 0 saturated carbocycles. The van der Waals surface area contributed by atoms with E-state index in [1.165, 1.54) is 12.1 Å². The number of hydrogen-bond donors (Lipinski definition) is 2. The number of halogens is 1. The van der Waals surface area contributed by atoms with E-state index in [1.54, 1.807) is 26.8 Å². The van der Waals surface area contributed by atoms with Crippen molar-refractivity contribution in [2.45, 2.75) is 20.8 Å². The SMILES string of the molecule is Cc1cc(Oc2nnc(C)c(C)c2C(=N)N)ccc1F. The normalized spacial score (nSPS) is 10.4. The van der Waals surface area contributed by atoms with Gasteiger partial charge in [0.1, 0.15) is 17.4 Å². The number of nitrogens with two attached hydrogens (primary N) is 1. The van der Waals surface area contributed by atoms with Gasteiger partial charge in [0, 0.05) is 0 Å². The molecular formula is C14H15FN4O. The molecule has 0 unspecified atom stereocenters. The van der Waals surface area contributed by atoms with Crippen molar-refractivity contribution in [3.05, 3.63) is 46.4 Å². The molecule has 1 heterocycles. The minimum atomic E-state index is -0.310. The van der Waals surface area contributed by atoms with Gasteiger partial charge in [-0.2, -0.15) is 5.10 Å². The van der Waals surface area contributed by atoms with Crippen LogP contribution < -0.4 is 10.5 Å². The van der Waals surface area contributed by atoms with Crippen molar-refractivity contribution in [2.75, 3.05) is 0 Å². The van der Waals surface area contributed by atoms with Gasteiger partial charge in [0.15, 0.2) is 0 Å². The Morgan fingerprint density at radius 1 is 1.25 bits per heavy atom. The van der Waals surface area contributed by atoms with Crippen LogP contribution in [0.1, 0.15) is 22.4 Å². The summed E-state index contributed by atoms with van der Waals surface area (Å²) in [7, 11) is 0. The number of aryl methyl sites for hydroxylation is 2. The molecule has 0 saturated heterocycles. The molecule has 2 aromatic rings. The summed E-state index contributed by atoms with van der Waals surface area (Å²) < 4.78 is 18.8. The summed E-state index contributed by atoms with van der Waals surface area (Å²) in [6.45, 7) is 5.21. The molecule has 6 heteroatoms. The van der Waals surface area contributed by atoms with E-state index >= 15 is 0 Å². The van der Waals surface area contributed by atoms with E-state index in [0.29, 0.717) is 22.6 Å². The smallest absolute Gasteiger partial charge is 0.250 e. The molecular weight excluding hydrogens is 259 g/mol. The van der Waals surface area contributed by atoms with Gasteiger partial charge in [0.25, 0.3) is 0 Å². The Morgan fingerprint density at radius 3 is 2.55 bits per heavy atom. The standard InChI is InChI=1S/C14H15FN4O/c1-7-6-10(4-5-11(7)15)20-14-12(13(16)17)8(2)9(3)18-19-14/h4-6H,1-3H3,(H3,16,17). The first-order chi connectivity index (χ1) is 9.40. The van der Waals surface area contributed by atoms with Gasteiger partial charge in [0.05, 0.1) is 11.3 Å². The first-order valence-electron chi connectivity index (χ1n) is 6.02. The number of nitrogens with zero attached hydrogens (tertiary/aromatic N) is 2. The maximum atomic E-state index is 13.2. The largest absolute Gasteiger partial charge is 0.437 e. The Morgan fingerprint density at radius 2 is 1.95 bits per heavy atom. The van der Waals surface area contributed by atoms with E-state index in [-0.39, 0.29) is 17.5 Å². The lowest BCUT2D eigenvalue weighted by Crippen LogP contribution is -2.16. The Labute approximate surface area is 116 Å². The highest BCUT2D eigenvalue weighted by Crippen LogP contribution is 2.26. The van der Waals surface area contributed by atoms with Crippen LogP contribution in [0.25, 0.3) is 0 Å². The lowest BCUT2D eigenvalue weighted by Gasteiger charge is -2.12. The van der Waals surface area contributed by atoms with Gasteiger partial charge in [-0.15, -0.1) is 5.10 Å². The van der Waals surface area contributed by atoms with E-state index < -0.39 is 0 Å². The van der Waals surface area contributed by atoms with Crippen LogP contribution in [0.5, 0.6) is 11.6 Å². The number of hydrogen-bond acceptors (Lipinski definition) is 4. The topological polar surface area (TPSA) is 84.9 Å². The van der Waals surface area contributed by atoms with Crippen LogP contribution in [-0.4, -0.2) is 16.0 Å². The van der Waals surface area contributed by atoms with Crippen LogP contribution in [0.4, 0.5) is 4.39 Å². The highest BCUT2D eigenvalue weighted by Gasteiger charge is 2.16. The van der Waals surface area contributed by atoms with Gasteiger partial charge < -0.3 is 10.5 Å². The van der Waals surface area contributed by atoms with E-state index in [1.807, 2.05) is 0 Å². The molecule has 1 aromatic heterocycles. The van der Waals surface area contributed by atoms with Gasteiger partial charge in [0.2, 0.25) is 5.88 Å². The highest BCUT2D eigenvalue weighted by molar-refractivity contribution is 5.98. The Bertz CT molecular complexity index is 685. The Balaban J connectivity index is 2.45. The number of rotatable bonds is 3. The third kappa shape index (κ3) is 2.59. The molecule has 0 amide bonds. The average Bonchev–Trinajstić information content (AvgIpc) is 2.38. The summed E-state index contributed by atoms with van der Waals surface area (Å²) in [6, 6.07) is 4.35. The van der Waals surface area contributed by atoms with Gasteiger partial charge in [-0.1, -0.05) is 0 Å². The van der Waals surface area contributed by atoms with Crippen molar-refractivity contribution in [3.63, 3.8) is 0 Å². The maximum absolute atomic E-state index is 13.2. The minimum absolute atomic E-state index is 0.144. The molecule has 0 spiro atoms. The molecule has 3 N–H and O–H groups in total. The van der Waals surface area contributed by atoms with E-state index in [4.69, 9.17) is 15.9 Å². The van der Waals surface area contributed by atoms with Gasteiger partial charge in [-0.3, -0.25) is 5.41 Å². The van der Waals surface area contributed by atoms with Crippen molar-refractivity contribution in [1.82, 2.24) is 10.2 Å². The second kappa shape index (κ2) is 5.24. The summed E-state index contributed by atoms with van der Waals surface area (Å²) >= 11 is 0. The van der Waals surface area contributed by atoms with Gasteiger partial charge in [-0.25, -0.2) is 4.39 Å². The van der Waals surface area contributed by atoms with Crippen molar-refractivity contribution in [3.8, 4) is 11.6 Å². The second-order valence-electron chi connectivity index (χ2n) is 4.52. The van der Waals surface area contributed by atoms with E-state index in [9.17, 15) is 4.39 Å². The zero-order valence-electron chi connectivity index (χ0n) is 11.5. The molecule has 0 bridgehead atoms. The van der Waals surface area contributed by atoms with Crippen molar-refractivity contribution in [2.24, 2.45) is 5.73 Å². The average molecular weight is 274 g/mol. The molecule has 0 aliphatic rings. The van der Waals surface area contributed by atoms with Crippen LogP contribution in [0.3, 0.4) is 0 Å². The lowest BCUT2D eigenvalue weighted by molar-refractivity contribution is 0.450. The molecule has 0 atom stereocenters. The number of nitrogens with one attached hydrogen (secondary N) is 1. The van der Waals surface area contributed by atoms with Gasteiger partial charge in [-0.05, 0) is 50.1 Å². The quantitative estimate of drug-likeness (QED) is 0.665. The van der Waals surface area contributed by atoms with Crippen LogP contribution in [0.15, 0.2) is 18.2 Å². The molecule has 0 fully saturated rings. The Hall–Kier alpha value is -2.50. The molecule has 20 heavy (non-hydrogen) atoms. The monoisotopic (exact) mass is 274 g/mol. The fourth-order valence-electron chi connectivity index (χ4n) is 1.77. The zero-order valence-corrected chi connectivity index (χ0v) is 11.5. The number of benzene rings is 1. The molecule has 104 valence electrons. The van der Waals surface area contributed by atoms with Gasteiger partial charge >= 0.3 is 0 Å². The summed E-state index contributed by atoms with van der Waals surface area (Å²) in [6.07, 6.45) is 0. The first-order valence-corrected chi connectivity index (χ1v) is 6.02. The van der Waals surface area contributed by atoms with Crippen LogP contribution in [-0.2, 0) is 0 Å². The fraction of sp³-hybridized carbons (Fsp3) is 0.214. The molecule has 2 rings (SSSR count). The van der Waals surface area contributed by atoms with E-state index in [0.717, 1.165) is 5.56 Å².